The summed E-state index contributed by atoms with van der Waals surface area (Å²) in [6, 6.07) is 0. The highest BCUT2D eigenvalue weighted by Crippen LogP contribution is 2.45. The summed E-state index contributed by atoms with van der Waals surface area (Å²) in [5.74, 6) is 0. The van der Waals surface area contributed by atoms with Crippen LogP contribution in [0, 0.1) is 0 Å². The Hall–Kier alpha value is 0.450. The molecule has 0 aliphatic rings. The van der Waals surface area contributed by atoms with E-state index in [-0.39, 0.29) is 6.61 Å². The summed E-state index contributed by atoms with van der Waals surface area (Å²) in [6.07, 6.45) is -0.500. The summed E-state index contributed by atoms with van der Waals surface area (Å²) in [5, 5.41) is 0. The third kappa shape index (κ3) is 5.70. The molecule has 0 amide bonds. The lowest BCUT2D eigenvalue weighted by molar-refractivity contribution is -0.112. The number of alkyl halides is 2. The molecular weight excluding hydrogens is 316 g/mol. The Morgan fingerprint density at radius 3 is 2.54 bits per heavy atom. The molecule has 1 atom stereocenters. The predicted molar refractivity (Wildman–Crippen MR) is 53.8 cm³/mol. The molecule has 78 valence electrons. The number of rotatable bonds is 6. The van der Waals surface area contributed by atoms with E-state index in [2.05, 4.69) is 4.52 Å². The highest BCUT2D eigenvalue weighted by Gasteiger charge is 2.39. The zero-order chi connectivity index (χ0) is 10.5. The van der Waals surface area contributed by atoms with E-state index in [0.717, 1.165) is 0 Å². The lowest BCUT2D eigenvalue weighted by Gasteiger charge is -2.13. The maximum absolute atomic E-state index is 12.8. The Morgan fingerprint density at radius 1 is 1.62 bits per heavy atom. The quantitative estimate of drug-likeness (QED) is 0.428. The molecule has 0 bridgehead atoms. The van der Waals surface area contributed by atoms with Crippen LogP contribution in [0.15, 0.2) is 0 Å². The predicted octanol–water partition coefficient (Wildman–Crippen LogP) is 2.83. The molecule has 1 unspecified atom stereocenters. The zero-order valence-corrected chi connectivity index (χ0v) is 10.1. The molecule has 0 aliphatic carbocycles. The van der Waals surface area contributed by atoms with Crippen LogP contribution in [0.1, 0.15) is 19.8 Å². The Labute approximate surface area is 89.2 Å². The molecule has 0 aromatic rings. The van der Waals surface area contributed by atoms with Crippen LogP contribution in [0.25, 0.3) is 0 Å². The largest absolute Gasteiger partial charge is 0.326 e. The van der Waals surface area contributed by atoms with E-state index in [1.807, 2.05) is 0 Å². The molecule has 0 aromatic heterocycles. The molecule has 0 saturated heterocycles. The van der Waals surface area contributed by atoms with E-state index in [0.29, 0.717) is 6.42 Å². The molecule has 0 aliphatic heterocycles. The molecule has 0 aromatic carbocycles. The summed E-state index contributed by atoms with van der Waals surface area (Å²) in [7, 11) is -3.43. The molecule has 0 saturated carbocycles. The van der Waals surface area contributed by atoms with Gasteiger partial charge in [0.1, 0.15) is 0 Å². The number of hydrogen-bond donors (Lipinski definition) is 0. The van der Waals surface area contributed by atoms with E-state index in [1.54, 1.807) is 6.92 Å². The first-order valence-electron chi connectivity index (χ1n) is 3.63. The molecular formula is C6H10F2IO3P. The second-order valence-electron chi connectivity index (χ2n) is 2.37. The van der Waals surface area contributed by atoms with E-state index in [4.69, 9.17) is 0 Å². The van der Waals surface area contributed by atoms with Gasteiger partial charge in [0.05, 0.1) is 13.0 Å². The number of carbonyl (C=O) groups is 1. The smallest absolute Gasteiger partial charge is 0.326 e. The van der Waals surface area contributed by atoms with Crippen molar-refractivity contribution < 1.29 is 22.7 Å². The van der Waals surface area contributed by atoms with E-state index in [9.17, 15) is 18.1 Å². The molecule has 0 spiro atoms. The minimum Gasteiger partial charge on any atom is -0.326 e. The van der Waals surface area contributed by atoms with Crippen LogP contribution < -0.4 is 0 Å². The van der Waals surface area contributed by atoms with Gasteiger partial charge in [-0.1, -0.05) is 6.92 Å². The lowest BCUT2D eigenvalue weighted by Crippen LogP contribution is -2.14. The monoisotopic (exact) mass is 326 g/mol. The van der Waals surface area contributed by atoms with Crippen LogP contribution >= 0.6 is 30.6 Å². The van der Waals surface area contributed by atoms with E-state index < -0.39 is 23.9 Å². The van der Waals surface area contributed by atoms with Crippen LogP contribution in [0.2, 0.25) is 0 Å². The molecule has 7 heteroatoms. The minimum absolute atomic E-state index is 0.0306. The first-order chi connectivity index (χ1) is 5.90. The van der Waals surface area contributed by atoms with E-state index in [1.165, 1.54) is 22.6 Å². The van der Waals surface area contributed by atoms with Gasteiger partial charge in [-0.05, 0) is 29.0 Å². The van der Waals surface area contributed by atoms with Crippen molar-refractivity contribution in [3.8, 4) is 0 Å². The maximum atomic E-state index is 12.8. The fourth-order valence-electron chi connectivity index (χ4n) is 0.547. The summed E-state index contributed by atoms with van der Waals surface area (Å²) >= 11 is 1.24. The van der Waals surface area contributed by atoms with Gasteiger partial charge in [0.15, 0.2) is 3.79 Å². The summed E-state index contributed by atoms with van der Waals surface area (Å²) in [4.78, 5) is 10.4. The van der Waals surface area contributed by atoms with E-state index >= 15 is 0 Å². The Morgan fingerprint density at radius 2 is 2.15 bits per heavy atom. The van der Waals surface area contributed by atoms with Crippen LogP contribution in [0.4, 0.5) is 8.78 Å². The third-order valence-electron chi connectivity index (χ3n) is 1.10. The van der Waals surface area contributed by atoms with Crippen molar-refractivity contribution >= 4 is 34.4 Å². The maximum Gasteiger partial charge on any atom is 0.326 e. The van der Waals surface area contributed by atoms with Gasteiger partial charge >= 0.3 is 5.66 Å². The normalized spacial score (nSPS) is 14.2. The summed E-state index contributed by atoms with van der Waals surface area (Å²) in [5.41, 5.74) is -3.50. The van der Waals surface area contributed by atoms with Crippen molar-refractivity contribution in [2.45, 2.75) is 25.4 Å². The average Bonchev–Trinajstić information content (AvgIpc) is 1.97. The van der Waals surface area contributed by atoms with Crippen molar-refractivity contribution in [1.29, 1.82) is 0 Å². The Balaban J connectivity index is 4.10. The van der Waals surface area contributed by atoms with Gasteiger partial charge in [0, 0.05) is 0 Å². The average molecular weight is 326 g/mol. The molecule has 0 rings (SSSR count). The Kier molecular flexibility index (Phi) is 6.24. The fraction of sp³-hybridized carbons (Fsp3) is 0.833. The molecule has 0 radical (unpaired) electrons. The Bertz CT molecular complexity index is 210. The molecule has 3 nitrogen and oxygen atoms in total. The number of carbonyl (C=O) groups excluding carboxylic acids is 1. The third-order valence-corrected chi connectivity index (χ3v) is 2.72. The van der Waals surface area contributed by atoms with Crippen molar-refractivity contribution in [1.82, 2.24) is 0 Å². The van der Waals surface area contributed by atoms with Gasteiger partial charge < -0.3 is 4.52 Å². The van der Waals surface area contributed by atoms with Crippen molar-refractivity contribution in [3.05, 3.63) is 0 Å². The van der Waals surface area contributed by atoms with Gasteiger partial charge in [-0.3, -0.25) is 9.36 Å². The van der Waals surface area contributed by atoms with Gasteiger partial charge in [0.25, 0.3) is 8.03 Å². The summed E-state index contributed by atoms with van der Waals surface area (Å²) in [6.45, 7) is 1.75. The minimum atomic E-state index is -3.50. The topological polar surface area (TPSA) is 43.4 Å². The SMILES string of the molecule is CCCO[PH](=O)C(F)(F)CC(=O)I. The van der Waals surface area contributed by atoms with Crippen molar-refractivity contribution in [2.24, 2.45) is 0 Å². The van der Waals surface area contributed by atoms with Crippen LogP contribution in [0.5, 0.6) is 0 Å². The number of hydrogen-bond acceptors (Lipinski definition) is 3. The van der Waals surface area contributed by atoms with Gasteiger partial charge in [-0.15, -0.1) is 0 Å². The first-order valence-corrected chi connectivity index (χ1v) is 6.03. The number of halogens is 3. The summed E-state index contributed by atoms with van der Waals surface area (Å²) < 4.78 is 40.0. The highest BCUT2D eigenvalue weighted by atomic mass is 127. The zero-order valence-electron chi connectivity index (χ0n) is 6.98. The molecule has 0 fully saturated rings. The highest BCUT2D eigenvalue weighted by molar-refractivity contribution is 14.1. The second kappa shape index (κ2) is 6.03. The van der Waals surface area contributed by atoms with Crippen molar-refractivity contribution in [2.75, 3.05) is 6.61 Å². The molecule has 0 N–H and O–H groups in total. The molecule has 13 heavy (non-hydrogen) atoms. The standard InChI is InChI=1S/C6H10F2IO3P/c1-2-3-12-13(11)6(7,8)4-5(9)10/h13H,2-4H2,1H3. The van der Waals surface area contributed by atoms with Crippen LogP contribution in [-0.4, -0.2) is 16.1 Å². The van der Waals surface area contributed by atoms with Gasteiger partial charge in [-0.2, -0.15) is 8.78 Å². The van der Waals surface area contributed by atoms with Gasteiger partial charge in [0.2, 0.25) is 0 Å². The van der Waals surface area contributed by atoms with Crippen molar-refractivity contribution in [3.63, 3.8) is 0 Å². The lowest BCUT2D eigenvalue weighted by atomic mass is 10.5. The first kappa shape index (κ1) is 13.4. The van der Waals surface area contributed by atoms with Gasteiger partial charge in [-0.25, -0.2) is 0 Å². The second-order valence-corrected chi connectivity index (χ2v) is 5.17. The van der Waals surface area contributed by atoms with Crippen LogP contribution in [0.3, 0.4) is 0 Å². The van der Waals surface area contributed by atoms with Crippen LogP contribution in [-0.2, 0) is 13.9 Å². The molecule has 0 heterocycles. The fourth-order valence-corrected chi connectivity index (χ4v) is 2.29.